The lowest BCUT2D eigenvalue weighted by Crippen LogP contribution is -2.18. The van der Waals surface area contributed by atoms with Crippen LogP contribution in [-0.4, -0.2) is 36.8 Å². The molecule has 3 aromatic heterocycles. The van der Waals surface area contributed by atoms with Crippen LogP contribution in [0.15, 0.2) is 54.7 Å². The molecule has 36 heavy (non-hydrogen) atoms. The Morgan fingerprint density at radius 1 is 0.889 bits per heavy atom. The van der Waals surface area contributed by atoms with E-state index in [-0.39, 0.29) is 30.1 Å². The number of hydrogen-bond donors (Lipinski definition) is 2. The van der Waals surface area contributed by atoms with E-state index in [9.17, 15) is 9.59 Å². The first-order valence-corrected chi connectivity index (χ1v) is 12.2. The molecule has 0 aliphatic heterocycles. The number of carbonyl (C=O) groups is 2. The molecule has 1 fully saturated rings. The molecule has 1 aromatic carbocycles. The van der Waals surface area contributed by atoms with Crippen molar-refractivity contribution in [1.29, 1.82) is 0 Å². The highest BCUT2D eigenvalue weighted by molar-refractivity contribution is 5.95. The summed E-state index contributed by atoms with van der Waals surface area (Å²) in [6.07, 6.45) is 6.33. The Morgan fingerprint density at radius 3 is 2.14 bits per heavy atom. The van der Waals surface area contributed by atoms with E-state index in [4.69, 9.17) is 0 Å². The fourth-order valence-corrected chi connectivity index (χ4v) is 5.09. The molecule has 184 valence electrons. The molecule has 0 saturated heterocycles. The van der Waals surface area contributed by atoms with Crippen molar-refractivity contribution in [3.63, 3.8) is 0 Å². The average molecular weight is 484 g/mol. The number of aryl methyl sites for hydroxylation is 1. The lowest BCUT2D eigenvalue weighted by molar-refractivity contribution is -0.116. The monoisotopic (exact) mass is 483 g/mol. The highest BCUT2D eigenvalue weighted by Crippen LogP contribution is 2.40. The molecule has 2 unspecified atom stereocenters. The lowest BCUT2D eigenvalue weighted by atomic mass is 9.78. The van der Waals surface area contributed by atoms with Gasteiger partial charge in [-0.15, -0.1) is 10.2 Å². The summed E-state index contributed by atoms with van der Waals surface area (Å²) in [4.78, 5) is 23.9. The number of hydrogen-bond acceptors (Lipinski definition) is 6. The summed E-state index contributed by atoms with van der Waals surface area (Å²) < 4.78 is 2.03. The summed E-state index contributed by atoms with van der Waals surface area (Å²) in [5, 5.41) is 23.8. The van der Waals surface area contributed by atoms with Crippen LogP contribution in [0.25, 0.3) is 10.9 Å². The maximum atomic E-state index is 12.7. The molecule has 2 N–H and O–H groups in total. The van der Waals surface area contributed by atoms with Gasteiger partial charge in [-0.25, -0.2) is 0 Å². The second-order valence-corrected chi connectivity index (χ2v) is 9.44. The average Bonchev–Trinajstić information content (AvgIpc) is 3.19. The zero-order chi connectivity index (χ0) is 25.1. The largest absolute Gasteiger partial charge is 0.350 e. The van der Waals surface area contributed by atoms with Crippen LogP contribution in [0.5, 0.6) is 0 Å². The van der Waals surface area contributed by atoms with Crippen LogP contribution >= 0.6 is 0 Å². The van der Waals surface area contributed by atoms with Crippen molar-refractivity contribution >= 4 is 34.4 Å². The van der Waals surface area contributed by atoms with Crippen molar-refractivity contribution < 1.29 is 9.59 Å². The van der Waals surface area contributed by atoms with E-state index in [0.717, 1.165) is 53.5 Å². The van der Waals surface area contributed by atoms with E-state index in [1.165, 1.54) is 6.92 Å². The first-order valence-electron chi connectivity index (χ1n) is 12.2. The predicted octanol–water partition coefficient (Wildman–Crippen LogP) is 4.34. The van der Waals surface area contributed by atoms with E-state index in [2.05, 4.69) is 31.0 Å². The lowest BCUT2D eigenvalue weighted by Gasteiger charge is -2.28. The Bertz CT molecular complexity index is 1380. The number of nitrogens with one attached hydrogen (secondary N) is 2. The Morgan fingerprint density at radius 2 is 1.53 bits per heavy atom. The fourth-order valence-electron chi connectivity index (χ4n) is 5.09. The summed E-state index contributed by atoms with van der Waals surface area (Å²) >= 11 is 0. The summed E-state index contributed by atoms with van der Waals surface area (Å²) in [6.45, 7) is 1.45. The number of carbonyl (C=O) groups excluding carboxylic acids is 2. The molecule has 5 rings (SSSR count). The van der Waals surface area contributed by atoms with Gasteiger partial charge in [-0.3, -0.25) is 9.59 Å². The van der Waals surface area contributed by atoms with Crippen LogP contribution in [0.2, 0.25) is 0 Å². The normalized spacial score (nSPS) is 17.6. The van der Waals surface area contributed by atoms with Gasteiger partial charge in [0, 0.05) is 42.9 Å². The first kappa shape index (κ1) is 23.6. The van der Waals surface area contributed by atoms with E-state index < -0.39 is 0 Å². The number of aromatic nitrogens is 5. The molecule has 3 heterocycles. The quantitative estimate of drug-likeness (QED) is 0.422. The van der Waals surface area contributed by atoms with Crippen LogP contribution in [0.1, 0.15) is 61.4 Å². The molecule has 9 nitrogen and oxygen atoms in total. The van der Waals surface area contributed by atoms with Crippen molar-refractivity contribution in [2.24, 2.45) is 7.05 Å². The second-order valence-electron chi connectivity index (χ2n) is 9.44. The minimum Gasteiger partial charge on any atom is -0.350 e. The standard InChI is InChI=1S/C27H29N7O2/c1-17(35)28-25-12-10-22(30-32-25)18-6-5-7-19(14-18)23-11-13-26(33-31-23)29-27(36)15-20-16-34(2)24-9-4-3-8-21(20)24/h3-4,8-13,16,18-19H,5-7,14-15H2,1-2H3,(H,28,32,35)(H,29,33,36). The SMILES string of the molecule is CC(=O)Nc1ccc(C2CCCC(c3ccc(NC(=O)Cc4cn(C)c5ccccc45)nn3)C2)nn1. The molecule has 0 radical (unpaired) electrons. The van der Waals surface area contributed by atoms with Gasteiger partial charge in [0.05, 0.1) is 17.8 Å². The van der Waals surface area contributed by atoms with Gasteiger partial charge in [0.25, 0.3) is 0 Å². The number of benzene rings is 1. The van der Waals surface area contributed by atoms with Gasteiger partial charge < -0.3 is 15.2 Å². The molecule has 0 spiro atoms. The third kappa shape index (κ3) is 5.25. The Labute approximate surface area is 209 Å². The van der Waals surface area contributed by atoms with Crippen molar-refractivity contribution in [3.05, 3.63) is 71.7 Å². The number of rotatable bonds is 6. The number of fused-ring (bicyclic) bond motifs is 1. The molecule has 1 aliphatic rings. The fraction of sp³-hybridized carbons (Fsp3) is 0.333. The van der Waals surface area contributed by atoms with Gasteiger partial charge in [0.1, 0.15) is 0 Å². The summed E-state index contributed by atoms with van der Waals surface area (Å²) in [7, 11) is 1.98. The van der Waals surface area contributed by atoms with Crippen molar-refractivity contribution in [1.82, 2.24) is 25.0 Å². The van der Waals surface area contributed by atoms with Gasteiger partial charge in [0.15, 0.2) is 11.6 Å². The van der Waals surface area contributed by atoms with E-state index >= 15 is 0 Å². The topological polar surface area (TPSA) is 115 Å². The molecular formula is C27H29N7O2. The molecular weight excluding hydrogens is 454 g/mol. The maximum absolute atomic E-state index is 12.7. The zero-order valence-electron chi connectivity index (χ0n) is 20.4. The van der Waals surface area contributed by atoms with Crippen molar-refractivity contribution in [2.45, 2.75) is 50.9 Å². The molecule has 9 heteroatoms. The van der Waals surface area contributed by atoms with Crippen molar-refractivity contribution in [2.75, 3.05) is 10.6 Å². The molecule has 1 aliphatic carbocycles. The molecule has 2 atom stereocenters. The Kier molecular flexibility index (Phi) is 6.71. The number of amides is 2. The third-order valence-corrected chi connectivity index (χ3v) is 6.78. The van der Waals surface area contributed by atoms with Gasteiger partial charge in [0.2, 0.25) is 11.8 Å². The maximum Gasteiger partial charge on any atom is 0.230 e. The zero-order valence-corrected chi connectivity index (χ0v) is 20.4. The van der Waals surface area contributed by atoms with Crippen molar-refractivity contribution in [3.8, 4) is 0 Å². The van der Waals surface area contributed by atoms with Gasteiger partial charge in [-0.2, -0.15) is 10.2 Å². The van der Waals surface area contributed by atoms with E-state index in [0.29, 0.717) is 11.6 Å². The van der Waals surface area contributed by atoms with Gasteiger partial charge in [-0.1, -0.05) is 24.6 Å². The molecule has 4 aromatic rings. The summed E-state index contributed by atoms with van der Waals surface area (Å²) in [5.74, 6) is 1.19. The summed E-state index contributed by atoms with van der Waals surface area (Å²) in [6, 6.07) is 15.6. The third-order valence-electron chi connectivity index (χ3n) is 6.78. The highest BCUT2D eigenvalue weighted by atomic mass is 16.2. The minimum absolute atomic E-state index is 0.118. The minimum atomic E-state index is -0.165. The second kappa shape index (κ2) is 10.2. The van der Waals surface area contributed by atoms with E-state index in [1.54, 1.807) is 6.07 Å². The van der Waals surface area contributed by atoms with Gasteiger partial charge in [-0.05, 0) is 55.2 Å². The van der Waals surface area contributed by atoms with Crippen LogP contribution in [0, 0.1) is 0 Å². The smallest absolute Gasteiger partial charge is 0.230 e. The number of para-hydroxylation sites is 1. The number of anilines is 2. The first-order chi connectivity index (χ1) is 17.5. The van der Waals surface area contributed by atoms with Crippen LogP contribution in [0.4, 0.5) is 11.6 Å². The van der Waals surface area contributed by atoms with Gasteiger partial charge >= 0.3 is 0 Å². The predicted molar refractivity (Wildman–Crippen MR) is 138 cm³/mol. The molecule has 2 amide bonds. The molecule has 0 bridgehead atoms. The molecule has 1 saturated carbocycles. The number of nitrogens with zero attached hydrogens (tertiary/aromatic N) is 5. The Balaban J connectivity index is 1.20. The van der Waals surface area contributed by atoms with Crippen LogP contribution in [-0.2, 0) is 23.1 Å². The Hall–Kier alpha value is -4.14. The summed E-state index contributed by atoms with van der Waals surface area (Å²) in [5.41, 5.74) is 3.94. The highest BCUT2D eigenvalue weighted by Gasteiger charge is 2.27. The van der Waals surface area contributed by atoms with E-state index in [1.807, 2.05) is 60.3 Å². The van der Waals surface area contributed by atoms with Crippen LogP contribution < -0.4 is 10.6 Å². The van der Waals surface area contributed by atoms with Crippen LogP contribution in [0.3, 0.4) is 0 Å².